The highest BCUT2D eigenvalue weighted by Gasteiger charge is 2.43. The summed E-state index contributed by atoms with van der Waals surface area (Å²) in [7, 11) is 3.14. The SMILES string of the molecule is CC(C)C1C2=C(CC(C)(C)CC2=O)Nc2c1c(=O)n(C)c(=O)n2C. The van der Waals surface area contributed by atoms with Crippen LogP contribution in [0.1, 0.15) is 52.0 Å². The van der Waals surface area contributed by atoms with Crippen LogP contribution >= 0.6 is 0 Å². The van der Waals surface area contributed by atoms with Crippen LogP contribution in [-0.4, -0.2) is 14.9 Å². The lowest BCUT2D eigenvalue weighted by molar-refractivity contribution is -0.118. The zero-order valence-corrected chi connectivity index (χ0v) is 15.2. The fraction of sp³-hybridized carbons (Fsp3) is 0.611. The molecule has 2 aliphatic rings. The van der Waals surface area contributed by atoms with Gasteiger partial charge in [0.05, 0.1) is 5.56 Å². The van der Waals surface area contributed by atoms with Crippen LogP contribution in [0.4, 0.5) is 5.82 Å². The Morgan fingerprint density at radius 1 is 1.08 bits per heavy atom. The average Bonchev–Trinajstić information content (AvgIpc) is 2.47. The van der Waals surface area contributed by atoms with Gasteiger partial charge in [0, 0.05) is 37.7 Å². The molecule has 0 spiro atoms. The molecule has 0 fully saturated rings. The maximum Gasteiger partial charge on any atom is 0.332 e. The van der Waals surface area contributed by atoms with Crippen LogP contribution < -0.4 is 16.6 Å². The van der Waals surface area contributed by atoms with Crippen molar-refractivity contribution in [3.8, 4) is 0 Å². The Kier molecular flexibility index (Phi) is 3.62. The van der Waals surface area contributed by atoms with E-state index >= 15 is 0 Å². The second-order valence-electron chi connectivity index (χ2n) is 8.15. The molecule has 0 bridgehead atoms. The zero-order chi connectivity index (χ0) is 18.0. The van der Waals surface area contributed by atoms with Gasteiger partial charge in [0.2, 0.25) is 0 Å². The molecule has 1 atom stereocenters. The van der Waals surface area contributed by atoms with Gasteiger partial charge in [-0.05, 0) is 17.8 Å². The number of Topliss-reactive ketones (excluding diaryl/α,β-unsaturated/α-hetero) is 1. The molecule has 1 aromatic heterocycles. The molecule has 1 aliphatic heterocycles. The molecular formula is C18H25N3O3. The molecule has 1 N–H and O–H groups in total. The third-order valence-corrected chi connectivity index (χ3v) is 5.18. The molecule has 0 saturated heterocycles. The largest absolute Gasteiger partial charge is 0.344 e. The van der Waals surface area contributed by atoms with Gasteiger partial charge in [-0.2, -0.15) is 0 Å². The molecule has 6 heteroatoms. The Hall–Kier alpha value is -2.11. The molecule has 24 heavy (non-hydrogen) atoms. The fourth-order valence-corrected chi connectivity index (χ4v) is 4.06. The molecule has 1 aliphatic carbocycles. The molecule has 130 valence electrons. The molecule has 3 rings (SSSR count). The number of anilines is 1. The van der Waals surface area contributed by atoms with Gasteiger partial charge in [-0.3, -0.25) is 18.7 Å². The summed E-state index contributed by atoms with van der Waals surface area (Å²) in [5.74, 6) is 0.455. The molecule has 1 aromatic rings. The minimum atomic E-state index is -0.362. The van der Waals surface area contributed by atoms with E-state index in [0.717, 1.165) is 22.3 Å². The van der Waals surface area contributed by atoms with E-state index in [9.17, 15) is 14.4 Å². The van der Waals surface area contributed by atoms with Gasteiger partial charge < -0.3 is 5.32 Å². The lowest BCUT2D eigenvalue weighted by Gasteiger charge is -2.40. The summed E-state index contributed by atoms with van der Waals surface area (Å²) in [5, 5.41) is 3.26. The van der Waals surface area contributed by atoms with Crippen LogP contribution in [0.3, 0.4) is 0 Å². The Morgan fingerprint density at radius 3 is 2.29 bits per heavy atom. The van der Waals surface area contributed by atoms with Gasteiger partial charge in [0.1, 0.15) is 5.82 Å². The summed E-state index contributed by atoms with van der Waals surface area (Å²) >= 11 is 0. The second-order valence-corrected chi connectivity index (χ2v) is 8.15. The molecule has 0 saturated carbocycles. The number of nitrogens with zero attached hydrogens (tertiary/aromatic N) is 2. The number of allylic oxidation sites excluding steroid dienone is 2. The molecule has 1 unspecified atom stereocenters. The summed E-state index contributed by atoms with van der Waals surface area (Å²) in [5.41, 5.74) is 1.32. The van der Waals surface area contributed by atoms with E-state index in [-0.39, 0.29) is 34.3 Å². The lowest BCUT2D eigenvalue weighted by atomic mass is 9.68. The number of carbonyl (C=O) groups excluding carboxylic acids is 1. The Bertz CT molecular complexity index is 884. The van der Waals surface area contributed by atoms with Gasteiger partial charge in [-0.15, -0.1) is 0 Å². The summed E-state index contributed by atoms with van der Waals surface area (Å²) in [6.45, 7) is 8.17. The predicted molar refractivity (Wildman–Crippen MR) is 93.2 cm³/mol. The number of fused-ring (bicyclic) bond motifs is 1. The molecule has 0 radical (unpaired) electrons. The van der Waals surface area contributed by atoms with Crippen molar-refractivity contribution in [3.05, 3.63) is 37.7 Å². The van der Waals surface area contributed by atoms with Crippen molar-refractivity contribution >= 4 is 11.6 Å². The fourth-order valence-electron chi connectivity index (χ4n) is 4.06. The van der Waals surface area contributed by atoms with Gasteiger partial charge in [0.25, 0.3) is 5.56 Å². The standard InChI is InChI=1S/C18H25N3O3/c1-9(2)12-13-10(7-18(3,4)8-11(13)22)19-15-14(12)16(23)21(6)17(24)20(15)5/h9,12,19H,7-8H2,1-6H3. The first kappa shape index (κ1) is 16.7. The third-order valence-electron chi connectivity index (χ3n) is 5.18. The van der Waals surface area contributed by atoms with E-state index in [1.807, 2.05) is 13.8 Å². The van der Waals surface area contributed by atoms with Crippen LogP contribution in [0, 0.1) is 11.3 Å². The highest BCUT2D eigenvalue weighted by atomic mass is 16.2. The van der Waals surface area contributed by atoms with Crippen LogP contribution in [0.5, 0.6) is 0 Å². The summed E-state index contributed by atoms with van der Waals surface area (Å²) in [4.78, 5) is 37.9. The molecule has 2 heterocycles. The molecular weight excluding hydrogens is 306 g/mol. The Labute approximate surface area is 141 Å². The maximum atomic E-state index is 12.8. The number of rotatable bonds is 1. The zero-order valence-electron chi connectivity index (χ0n) is 15.2. The van der Waals surface area contributed by atoms with Crippen molar-refractivity contribution in [2.75, 3.05) is 5.32 Å². The first-order valence-electron chi connectivity index (χ1n) is 8.38. The van der Waals surface area contributed by atoms with Gasteiger partial charge in [-0.1, -0.05) is 27.7 Å². The van der Waals surface area contributed by atoms with Crippen LogP contribution in [0.25, 0.3) is 0 Å². The van der Waals surface area contributed by atoms with E-state index in [1.54, 1.807) is 7.05 Å². The quantitative estimate of drug-likeness (QED) is 0.853. The second kappa shape index (κ2) is 5.19. The van der Waals surface area contributed by atoms with E-state index in [1.165, 1.54) is 11.6 Å². The average molecular weight is 331 g/mol. The topological polar surface area (TPSA) is 73.1 Å². The molecule has 6 nitrogen and oxygen atoms in total. The highest BCUT2D eigenvalue weighted by molar-refractivity contribution is 6.00. The van der Waals surface area contributed by atoms with Crippen LogP contribution in [0.15, 0.2) is 20.9 Å². The van der Waals surface area contributed by atoms with Gasteiger partial charge >= 0.3 is 5.69 Å². The summed E-state index contributed by atoms with van der Waals surface area (Å²) in [6.07, 6.45) is 1.22. The van der Waals surface area contributed by atoms with E-state index in [0.29, 0.717) is 17.8 Å². The number of aromatic nitrogens is 2. The third kappa shape index (κ3) is 2.27. The van der Waals surface area contributed by atoms with Crippen molar-refractivity contribution in [2.45, 2.75) is 46.5 Å². The molecule has 0 amide bonds. The predicted octanol–water partition coefficient (Wildman–Crippen LogP) is 1.89. The van der Waals surface area contributed by atoms with E-state index in [2.05, 4.69) is 19.2 Å². The highest BCUT2D eigenvalue weighted by Crippen LogP contribution is 2.47. The summed E-state index contributed by atoms with van der Waals surface area (Å²) in [6, 6.07) is 0. The number of ketones is 1. The Balaban J connectivity index is 2.34. The van der Waals surface area contributed by atoms with Crippen molar-refractivity contribution in [1.29, 1.82) is 0 Å². The van der Waals surface area contributed by atoms with Gasteiger partial charge in [-0.25, -0.2) is 4.79 Å². The van der Waals surface area contributed by atoms with Crippen LogP contribution in [0.2, 0.25) is 0 Å². The number of hydrogen-bond acceptors (Lipinski definition) is 4. The van der Waals surface area contributed by atoms with Crippen molar-refractivity contribution in [1.82, 2.24) is 9.13 Å². The number of carbonyl (C=O) groups is 1. The van der Waals surface area contributed by atoms with E-state index in [4.69, 9.17) is 0 Å². The molecule has 0 aromatic carbocycles. The minimum absolute atomic E-state index is 0.0891. The smallest absolute Gasteiger partial charge is 0.332 e. The monoisotopic (exact) mass is 331 g/mol. The van der Waals surface area contributed by atoms with Crippen LogP contribution in [-0.2, 0) is 18.9 Å². The van der Waals surface area contributed by atoms with Crippen molar-refractivity contribution in [2.24, 2.45) is 25.4 Å². The van der Waals surface area contributed by atoms with E-state index < -0.39 is 0 Å². The normalized spacial score (nSPS) is 22.3. The first-order chi connectivity index (χ1) is 11.0. The number of hydrogen-bond donors (Lipinski definition) is 1. The van der Waals surface area contributed by atoms with Crippen molar-refractivity contribution in [3.63, 3.8) is 0 Å². The van der Waals surface area contributed by atoms with Crippen molar-refractivity contribution < 1.29 is 4.79 Å². The lowest BCUT2D eigenvalue weighted by Crippen LogP contribution is -2.45. The first-order valence-corrected chi connectivity index (χ1v) is 8.38. The minimum Gasteiger partial charge on any atom is -0.344 e. The summed E-state index contributed by atoms with van der Waals surface area (Å²) < 4.78 is 2.60. The number of nitrogens with one attached hydrogen (secondary N) is 1. The van der Waals surface area contributed by atoms with Gasteiger partial charge in [0.15, 0.2) is 5.78 Å². The maximum absolute atomic E-state index is 12.8. The Morgan fingerprint density at radius 2 is 1.71 bits per heavy atom.